The molecule has 1 atom stereocenters. The van der Waals surface area contributed by atoms with Crippen LogP contribution in [0, 0.1) is 11.3 Å². The van der Waals surface area contributed by atoms with Crippen LogP contribution in [0.2, 0.25) is 0 Å². The smallest absolute Gasteiger partial charge is 0.308 e. The second-order valence-corrected chi connectivity index (χ2v) is 5.12. The zero-order valence-electron chi connectivity index (χ0n) is 13.5. The Hall–Kier alpha value is -3.14. The summed E-state index contributed by atoms with van der Waals surface area (Å²) in [6.45, 7) is 2.19. The van der Waals surface area contributed by atoms with Crippen molar-refractivity contribution in [2.75, 3.05) is 6.61 Å². The lowest BCUT2D eigenvalue weighted by molar-refractivity contribution is -0.147. The summed E-state index contributed by atoms with van der Waals surface area (Å²) in [5.74, 6) is -1.62. The number of hydrogen-bond donors (Lipinski definition) is 2. The molecule has 3 N–H and O–H groups in total. The van der Waals surface area contributed by atoms with Crippen LogP contribution in [-0.2, 0) is 19.1 Å². The monoisotopic (exact) mass is 329 g/mol. The molecule has 0 radical (unpaired) electrons. The Kier molecular flexibility index (Phi) is 7.17. The highest BCUT2D eigenvalue weighted by molar-refractivity contribution is 6.01. The van der Waals surface area contributed by atoms with Crippen LogP contribution in [0.25, 0.3) is 0 Å². The molecule has 0 aliphatic carbocycles. The number of esters is 1. The maximum absolute atomic E-state index is 11.9. The Morgan fingerprint density at radius 2 is 1.88 bits per heavy atom. The first-order chi connectivity index (χ1) is 11.3. The van der Waals surface area contributed by atoms with Gasteiger partial charge in [-0.3, -0.25) is 14.4 Å². The summed E-state index contributed by atoms with van der Waals surface area (Å²) < 4.78 is 4.89. The van der Waals surface area contributed by atoms with Gasteiger partial charge in [0.2, 0.25) is 11.7 Å². The van der Waals surface area contributed by atoms with E-state index in [1.807, 2.05) is 6.07 Å². The third-order valence-corrected chi connectivity index (χ3v) is 3.10. The molecule has 1 unspecified atom stereocenters. The van der Waals surface area contributed by atoms with Crippen molar-refractivity contribution in [2.45, 2.75) is 26.3 Å². The van der Waals surface area contributed by atoms with Gasteiger partial charge >= 0.3 is 5.97 Å². The number of nitrogens with two attached hydrogens (primary N) is 1. The number of nitrogens with zero attached hydrogens (tertiary/aromatic N) is 1. The molecule has 126 valence electrons. The van der Waals surface area contributed by atoms with Crippen LogP contribution >= 0.6 is 0 Å². The molecule has 0 spiro atoms. The number of nitrogens with one attached hydrogen (secondary N) is 1. The first-order valence-corrected chi connectivity index (χ1v) is 7.22. The number of ether oxygens (including phenoxy) is 1. The second kappa shape index (κ2) is 9.10. The predicted molar refractivity (Wildman–Crippen MR) is 86.1 cm³/mol. The van der Waals surface area contributed by atoms with E-state index in [9.17, 15) is 14.4 Å². The molecule has 0 aliphatic rings. The van der Waals surface area contributed by atoms with Crippen molar-refractivity contribution in [3.63, 3.8) is 0 Å². The highest BCUT2D eigenvalue weighted by atomic mass is 16.5. The van der Waals surface area contributed by atoms with E-state index in [2.05, 4.69) is 5.32 Å². The first kappa shape index (κ1) is 18.9. The predicted octanol–water partition coefficient (Wildman–Crippen LogP) is 1.12. The minimum absolute atomic E-state index is 0.0685. The molecule has 7 heteroatoms. The number of nitriles is 1. The average molecular weight is 329 g/mol. The number of rotatable bonds is 7. The second-order valence-electron chi connectivity index (χ2n) is 5.12. The van der Waals surface area contributed by atoms with Crippen LogP contribution in [0.1, 0.15) is 31.9 Å². The van der Waals surface area contributed by atoms with Crippen molar-refractivity contribution < 1.29 is 19.1 Å². The Morgan fingerprint density at radius 3 is 2.38 bits per heavy atom. The Balaban J connectivity index is 2.70. The molecule has 0 fully saturated rings. The van der Waals surface area contributed by atoms with E-state index in [4.69, 9.17) is 15.7 Å². The Morgan fingerprint density at radius 1 is 1.25 bits per heavy atom. The zero-order valence-corrected chi connectivity index (χ0v) is 13.5. The van der Waals surface area contributed by atoms with Gasteiger partial charge in [0.25, 0.3) is 0 Å². The molecular formula is C17H19N3O4. The summed E-state index contributed by atoms with van der Waals surface area (Å²) >= 11 is 0. The fourth-order valence-corrected chi connectivity index (χ4v) is 2.00. The lowest BCUT2D eigenvalue weighted by Gasteiger charge is -2.17. The Bertz CT molecular complexity index is 686. The van der Waals surface area contributed by atoms with Gasteiger partial charge in [-0.15, -0.1) is 0 Å². The molecule has 24 heavy (non-hydrogen) atoms. The maximum Gasteiger partial charge on any atom is 0.308 e. The number of ketones is 1. The third kappa shape index (κ3) is 5.93. The van der Waals surface area contributed by atoms with Gasteiger partial charge in [-0.05, 0) is 12.5 Å². The molecule has 7 nitrogen and oxygen atoms in total. The molecule has 0 aromatic heterocycles. The standard InChI is InChI=1S/C17H19N3O4/c1-11(19)14(9-18)16(22)10-24-17(23)8-15(20-12(2)21)13-6-4-3-5-7-13/h3-7,15H,8,10,19H2,1-2H3,(H,20,21). The van der Waals surface area contributed by atoms with Gasteiger partial charge in [0.1, 0.15) is 11.6 Å². The van der Waals surface area contributed by atoms with E-state index >= 15 is 0 Å². The molecular weight excluding hydrogens is 310 g/mol. The molecule has 0 bridgehead atoms. The van der Waals surface area contributed by atoms with E-state index in [0.29, 0.717) is 0 Å². The first-order valence-electron chi connectivity index (χ1n) is 7.22. The van der Waals surface area contributed by atoms with Gasteiger partial charge in [-0.2, -0.15) is 5.26 Å². The molecule has 1 aromatic carbocycles. The van der Waals surface area contributed by atoms with E-state index in [1.54, 1.807) is 30.3 Å². The number of allylic oxidation sites excluding steroid dienone is 1. The van der Waals surface area contributed by atoms with E-state index in [1.165, 1.54) is 13.8 Å². The SMILES string of the molecule is CC(=O)NC(CC(=O)OCC(=O)C(C#N)=C(C)N)c1ccccc1. The number of benzene rings is 1. The molecule has 0 aliphatic heterocycles. The molecule has 0 heterocycles. The minimum atomic E-state index is -0.669. The van der Waals surface area contributed by atoms with Crippen LogP contribution in [0.5, 0.6) is 0 Å². The van der Waals surface area contributed by atoms with E-state index in [0.717, 1.165) is 5.56 Å². The highest BCUT2D eigenvalue weighted by Gasteiger charge is 2.20. The molecule has 1 aromatic rings. The molecule has 0 saturated heterocycles. The summed E-state index contributed by atoms with van der Waals surface area (Å²) in [5.41, 5.74) is 5.99. The summed E-state index contributed by atoms with van der Waals surface area (Å²) in [7, 11) is 0. The fourth-order valence-electron chi connectivity index (χ4n) is 2.00. The summed E-state index contributed by atoms with van der Waals surface area (Å²) in [5, 5.41) is 11.5. The number of hydrogen-bond acceptors (Lipinski definition) is 6. The van der Waals surface area contributed by atoms with Gasteiger partial charge in [0.15, 0.2) is 6.61 Å². The number of amides is 1. The minimum Gasteiger partial charge on any atom is -0.457 e. The normalized spacial score (nSPS) is 12.4. The van der Waals surface area contributed by atoms with E-state index < -0.39 is 24.4 Å². The van der Waals surface area contributed by atoms with Gasteiger partial charge in [0.05, 0.1) is 12.5 Å². The number of carbonyl (C=O) groups is 3. The highest BCUT2D eigenvalue weighted by Crippen LogP contribution is 2.17. The zero-order chi connectivity index (χ0) is 18.1. The van der Waals surface area contributed by atoms with Crippen molar-refractivity contribution in [2.24, 2.45) is 5.73 Å². The van der Waals surface area contributed by atoms with Crippen LogP contribution < -0.4 is 11.1 Å². The average Bonchev–Trinajstić information content (AvgIpc) is 2.53. The van der Waals surface area contributed by atoms with Crippen molar-refractivity contribution in [3.8, 4) is 6.07 Å². The quantitative estimate of drug-likeness (QED) is 0.439. The number of carbonyl (C=O) groups excluding carboxylic acids is 3. The van der Waals surface area contributed by atoms with Crippen molar-refractivity contribution >= 4 is 17.7 Å². The Labute approximate surface area is 140 Å². The van der Waals surface area contributed by atoms with Crippen LogP contribution in [0.3, 0.4) is 0 Å². The van der Waals surface area contributed by atoms with Crippen molar-refractivity contribution in [1.82, 2.24) is 5.32 Å². The van der Waals surface area contributed by atoms with Gasteiger partial charge in [-0.1, -0.05) is 30.3 Å². The van der Waals surface area contributed by atoms with Gasteiger partial charge < -0.3 is 15.8 Å². The van der Waals surface area contributed by atoms with Crippen LogP contribution in [-0.4, -0.2) is 24.3 Å². The molecule has 1 rings (SSSR count). The van der Waals surface area contributed by atoms with E-state index in [-0.39, 0.29) is 23.6 Å². The summed E-state index contributed by atoms with van der Waals surface area (Å²) in [6.07, 6.45) is -0.135. The lowest BCUT2D eigenvalue weighted by Crippen LogP contribution is -2.29. The molecule has 1 amide bonds. The number of Topliss-reactive ketones (excluding diaryl/α,β-unsaturated/α-hetero) is 1. The summed E-state index contributed by atoms with van der Waals surface area (Å²) in [4.78, 5) is 35.0. The topological polar surface area (TPSA) is 122 Å². The van der Waals surface area contributed by atoms with Crippen LogP contribution in [0.15, 0.2) is 41.6 Å². The van der Waals surface area contributed by atoms with Crippen molar-refractivity contribution in [1.29, 1.82) is 5.26 Å². The molecule has 0 saturated carbocycles. The van der Waals surface area contributed by atoms with Gasteiger partial charge in [0, 0.05) is 12.6 Å². The van der Waals surface area contributed by atoms with Gasteiger partial charge in [-0.25, -0.2) is 0 Å². The maximum atomic E-state index is 11.9. The van der Waals surface area contributed by atoms with Crippen molar-refractivity contribution in [3.05, 3.63) is 47.2 Å². The lowest BCUT2D eigenvalue weighted by atomic mass is 10.0. The fraction of sp³-hybridized carbons (Fsp3) is 0.294. The largest absolute Gasteiger partial charge is 0.457 e. The summed E-state index contributed by atoms with van der Waals surface area (Å²) in [6, 6.07) is 10.0. The van der Waals surface area contributed by atoms with Crippen LogP contribution in [0.4, 0.5) is 0 Å². The third-order valence-electron chi connectivity index (χ3n) is 3.10.